The zero-order valence-electron chi connectivity index (χ0n) is 12.9. The van der Waals surface area contributed by atoms with E-state index < -0.39 is 0 Å². The Morgan fingerprint density at radius 2 is 1.95 bits per heavy atom. The van der Waals surface area contributed by atoms with E-state index in [2.05, 4.69) is 62.2 Å². The topological polar surface area (TPSA) is 27.0 Å². The van der Waals surface area contributed by atoms with Crippen LogP contribution in [-0.2, 0) is 0 Å². The summed E-state index contributed by atoms with van der Waals surface area (Å²) in [6, 6.07) is 13.7. The van der Waals surface area contributed by atoms with Crippen molar-refractivity contribution in [2.24, 2.45) is 11.8 Å². The number of hydrogen-bond acceptors (Lipinski definition) is 2. The molecule has 1 saturated carbocycles. The quantitative estimate of drug-likeness (QED) is 0.825. The van der Waals surface area contributed by atoms with Gasteiger partial charge in [0, 0.05) is 12.6 Å². The van der Waals surface area contributed by atoms with Gasteiger partial charge in [0.15, 0.2) is 0 Å². The molecule has 2 rings (SSSR count). The summed E-state index contributed by atoms with van der Waals surface area (Å²) in [6.45, 7) is 5.56. The molecule has 1 aliphatic rings. The molecular formula is C18H26N2. The Hall–Kier alpha value is -1.33. The fourth-order valence-electron chi connectivity index (χ4n) is 3.52. The Morgan fingerprint density at radius 3 is 2.55 bits per heavy atom. The summed E-state index contributed by atoms with van der Waals surface area (Å²) >= 11 is 0. The molecule has 0 saturated heterocycles. The largest absolute Gasteiger partial charge is 0.302 e. The number of rotatable bonds is 4. The van der Waals surface area contributed by atoms with Crippen LogP contribution in [0.15, 0.2) is 30.3 Å². The maximum atomic E-state index is 9.42. The molecule has 108 valence electrons. The number of nitrogens with zero attached hydrogens (tertiary/aromatic N) is 2. The smallest absolute Gasteiger partial charge is 0.0672 e. The Bertz CT molecular complexity index is 446. The first-order valence-electron chi connectivity index (χ1n) is 7.76. The third-order valence-corrected chi connectivity index (χ3v) is 4.47. The molecule has 20 heavy (non-hydrogen) atoms. The fourth-order valence-corrected chi connectivity index (χ4v) is 3.52. The fraction of sp³-hybridized carbons (Fsp3) is 0.611. The van der Waals surface area contributed by atoms with E-state index in [1.165, 1.54) is 5.56 Å². The van der Waals surface area contributed by atoms with Crippen molar-refractivity contribution < 1.29 is 0 Å². The summed E-state index contributed by atoms with van der Waals surface area (Å²) in [6.07, 6.45) is 3.29. The number of hydrogen-bond donors (Lipinski definition) is 0. The van der Waals surface area contributed by atoms with Crippen molar-refractivity contribution >= 4 is 0 Å². The number of benzene rings is 1. The monoisotopic (exact) mass is 270 g/mol. The lowest BCUT2D eigenvalue weighted by Crippen LogP contribution is -2.43. The van der Waals surface area contributed by atoms with Crippen molar-refractivity contribution in [1.82, 2.24) is 4.90 Å². The van der Waals surface area contributed by atoms with Crippen LogP contribution in [0.1, 0.15) is 44.6 Å². The molecule has 2 nitrogen and oxygen atoms in total. The molecule has 0 spiro atoms. The van der Waals surface area contributed by atoms with Gasteiger partial charge < -0.3 is 4.90 Å². The summed E-state index contributed by atoms with van der Waals surface area (Å²) in [5, 5.41) is 9.42. The first-order chi connectivity index (χ1) is 9.61. The van der Waals surface area contributed by atoms with E-state index in [-0.39, 0.29) is 5.92 Å². The van der Waals surface area contributed by atoms with Gasteiger partial charge in [-0.3, -0.25) is 0 Å². The lowest BCUT2D eigenvalue weighted by atomic mass is 9.75. The van der Waals surface area contributed by atoms with Crippen LogP contribution in [0, 0.1) is 23.2 Å². The van der Waals surface area contributed by atoms with Crippen molar-refractivity contribution in [3.05, 3.63) is 35.9 Å². The molecule has 0 radical (unpaired) electrons. The van der Waals surface area contributed by atoms with Gasteiger partial charge in [0.05, 0.1) is 12.0 Å². The molecule has 1 aliphatic carbocycles. The second-order valence-corrected chi connectivity index (χ2v) is 6.56. The minimum atomic E-state index is 0.193. The maximum Gasteiger partial charge on any atom is 0.0672 e. The molecule has 0 aliphatic heterocycles. The predicted octanol–water partition coefficient (Wildman–Crippen LogP) is 4.05. The minimum Gasteiger partial charge on any atom is -0.302 e. The highest BCUT2D eigenvalue weighted by atomic mass is 15.1. The lowest BCUT2D eigenvalue weighted by molar-refractivity contribution is 0.133. The van der Waals surface area contributed by atoms with Crippen molar-refractivity contribution in [1.29, 1.82) is 5.26 Å². The second kappa shape index (κ2) is 6.90. The van der Waals surface area contributed by atoms with Gasteiger partial charge in [0.2, 0.25) is 0 Å². The lowest BCUT2D eigenvalue weighted by Gasteiger charge is -2.39. The zero-order valence-corrected chi connectivity index (χ0v) is 12.9. The summed E-state index contributed by atoms with van der Waals surface area (Å²) in [4.78, 5) is 2.41. The van der Waals surface area contributed by atoms with E-state index in [1.54, 1.807) is 0 Å². The van der Waals surface area contributed by atoms with E-state index in [9.17, 15) is 5.26 Å². The van der Waals surface area contributed by atoms with Crippen LogP contribution in [0.4, 0.5) is 0 Å². The maximum absolute atomic E-state index is 9.42. The van der Waals surface area contributed by atoms with Crippen LogP contribution in [-0.4, -0.2) is 24.5 Å². The van der Waals surface area contributed by atoms with Gasteiger partial charge in [0.25, 0.3) is 0 Å². The molecule has 0 aromatic heterocycles. The highest BCUT2D eigenvalue weighted by Crippen LogP contribution is 2.37. The van der Waals surface area contributed by atoms with Crippen LogP contribution in [0.5, 0.6) is 0 Å². The molecule has 1 fully saturated rings. The molecule has 3 atom stereocenters. The van der Waals surface area contributed by atoms with Crippen LogP contribution in [0.3, 0.4) is 0 Å². The normalized spacial score (nSPS) is 26.7. The summed E-state index contributed by atoms with van der Waals surface area (Å²) < 4.78 is 0. The Morgan fingerprint density at radius 1 is 1.25 bits per heavy atom. The van der Waals surface area contributed by atoms with Gasteiger partial charge in [0.1, 0.15) is 0 Å². The molecule has 1 aromatic carbocycles. The molecule has 0 amide bonds. The second-order valence-electron chi connectivity index (χ2n) is 6.56. The number of nitriles is 1. The first-order valence-corrected chi connectivity index (χ1v) is 7.76. The van der Waals surface area contributed by atoms with Crippen LogP contribution >= 0.6 is 0 Å². The molecular weight excluding hydrogens is 244 g/mol. The highest BCUT2D eigenvalue weighted by Gasteiger charge is 2.33. The van der Waals surface area contributed by atoms with Crippen LogP contribution < -0.4 is 0 Å². The van der Waals surface area contributed by atoms with Crippen molar-refractivity contribution in [3.63, 3.8) is 0 Å². The van der Waals surface area contributed by atoms with Crippen LogP contribution in [0.2, 0.25) is 0 Å². The van der Waals surface area contributed by atoms with Gasteiger partial charge in [-0.1, -0.05) is 44.2 Å². The molecule has 0 bridgehead atoms. The van der Waals surface area contributed by atoms with Crippen molar-refractivity contribution in [2.45, 2.75) is 45.1 Å². The molecule has 3 unspecified atom stereocenters. The third kappa shape index (κ3) is 3.61. The van der Waals surface area contributed by atoms with E-state index >= 15 is 0 Å². The molecule has 2 heteroatoms. The summed E-state index contributed by atoms with van der Waals surface area (Å²) in [5.74, 6) is 1.45. The minimum absolute atomic E-state index is 0.193. The molecule has 1 aromatic rings. The highest BCUT2D eigenvalue weighted by molar-refractivity contribution is 5.21. The van der Waals surface area contributed by atoms with Gasteiger partial charge >= 0.3 is 0 Å². The molecule has 0 N–H and O–H groups in total. The Kier molecular flexibility index (Phi) is 5.20. The predicted molar refractivity (Wildman–Crippen MR) is 83.4 cm³/mol. The first kappa shape index (κ1) is 15.1. The average molecular weight is 270 g/mol. The summed E-state index contributed by atoms with van der Waals surface area (Å²) in [5.41, 5.74) is 1.44. The van der Waals surface area contributed by atoms with Crippen molar-refractivity contribution in [2.75, 3.05) is 13.6 Å². The van der Waals surface area contributed by atoms with E-state index in [1.807, 2.05) is 0 Å². The Balaban J connectivity index is 2.09. The van der Waals surface area contributed by atoms with Gasteiger partial charge in [-0.2, -0.15) is 5.26 Å². The zero-order chi connectivity index (χ0) is 14.5. The van der Waals surface area contributed by atoms with E-state index in [4.69, 9.17) is 0 Å². The van der Waals surface area contributed by atoms with Crippen molar-refractivity contribution in [3.8, 4) is 6.07 Å². The van der Waals surface area contributed by atoms with Gasteiger partial charge in [-0.15, -0.1) is 0 Å². The third-order valence-electron chi connectivity index (χ3n) is 4.47. The van der Waals surface area contributed by atoms with E-state index in [0.717, 1.165) is 25.8 Å². The SMILES string of the molecule is CC(C)CN(C)C1CC(c2ccccc2)CCC1C#N. The Labute approximate surface area is 123 Å². The van der Waals surface area contributed by atoms with Gasteiger partial charge in [-0.25, -0.2) is 0 Å². The summed E-state index contributed by atoms with van der Waals surface area (Å²) in [7, 11) is 2.18. The standard InChI is InChI=1S/C18H26N2/c1-14(2)13-20(3)18-11-16(9-10-17(18)12-19)15-7-5-4-6-8-15/h4-8,14,16-18H,9-11,13H2,1-3H3. The van der Waals surface area contributed by atoms with Crippen LogP contribution in [0.25, 0.3) is 0 Å². The van der Waals surface area contributed by atoms with E-state index in [0.29, 0.717) is 17.9 Å². The average Bonchev–Trinajstić information content (AvgIpc) is 2.46. The molecule has 0 heterocycles. The van der Waals surface area contributed by atoms with Gasteiger partial charge in [-0.05, 0) is 43.7 Å².